The highest BCUT2D eigenvalue weighted by atomic mass is 19.3. The number of hydrogen-bond donors (Lipinski definition) is 4. The lowest BCUT2D eigenvalue weighted by atomic mass is 9.97. The van der Waals surface area contributed by atoms with E-state index >= 15 is 8.78 Å². The van der Waals surface area contributed by atoms with Gasteiger partial charge in [0, 0.05) is 42.2 Å². The van der Waals surface area contributed by atoms with Crippen LogP contribution in [0, 0.1) is 35.0 Å². The second-order valence-electron chi connectivity index (χ2n) is 18.2. The second kappa shape index (κ2) is 16.9. The molecule has 7 unspecified atom stereocenters. The summed E-state index contributed by atoms with van der Waals surface area (Å²) >= 11 is 0. The summed E-state index contributed by atoms with van der Waals surface area (Å²) in [6.07, 6.45) is 3.71. The maximum absolute atomic E-state index is 16.6. The third-order valence-electron chi connectivity index (χ3n) is 13.7. The van der Waals surface area contributed by atoms with Gasteiger partial charge in [0.15, 0.2) is 0 Å². The summed E-state index contributed by atoms with van der Waals surface area (Å²) in [4.78, 5) is 71.0. The molecule has 2 bridgehead atoms. The number of alkyl halides is 2. The van der Waals surface area contributed by atoms with Crippen molar-refractivity contribution in [2.75, 3.05) is 27.3 Å². The molecule has 2 saturated heterocycles. The smallest absolute Gasteiger partial charge is 0.407 e. The van der Waals surface area contributed by atoms with Crippen LogP contribution in [0.15, 0.2) is 60.8 Å². The van der Waals surface area contributed by atoms with Crippen LogP contribution in [0.1, 0.15) is 87.7 Å². The number of nitrogens with zero attached hydrogens (tertiary/aromatic N) is 5. The molecule has 1 saturated carbocycles. The molecular weight excluding hydrogens is 837 g/mol. The number of ether oxygens (including phenoxy) is 2. The molecule has 2 aliphatic heterocycles. The lowest BCUT2D eigenvalue weighted by Crippen LogP contribution is -2.51. The van der Waals surface area contributed by atoms with Gasteiger partial charge < -0.3 is 39.9 Å². The molecule has 15 nitrogen and oxygen atoms in total. The van der Waals surface area contributed by atoms with E-state index in [1.54, 1.807) is 49.2 Å². The van der Waals surface area contributed by atoms with Crippen molar-refractivity contribution in [3.8, 4) is 39.6 Å². The first-order chi connectivity index (χ1) is 31.2. The molecule has 4 amide bonds. The summed E-state index contributed by atoms with van der Waals surface area (Å²) in [5, 5.41) is 15.1. The Labute approximate surface area is 374 Å². The Morgan fingerprint density at radius 3 is 2.31 bits per heavy atom. The van der Waals surface area contributed by atoms with E-state index in [0.717, 1.165) is 35.9 Å². The monoisotopic (exact) mass is 887 g/mol. The molecule has 338 valence electrons. The predicted octanol–water partition coefficient (Wildman–Crippen LogP) is 7.97. The first kappa shape index (κ1) is 43.4. The van der Waals surface area contributed by atoms with E-state index in [9.17, 15) is 24.4 Å². The molecule has 0 radical (unpaired) electrons. The number of imidazole rings is 2. The summed E-state index contributed by atoms with van der Waals surface area (Å²) in [7, 11) is 2.52. The summed E-state index contributed by atoms with van der Waals surface area (Å²) in [5.74, 6) is -3.10. The van der Waals surface area contributed by atoms with E-state index in [2.05, 4.69) is 36.4 Å². The second-order valence-corrected chi connectivity index (χ2v) is 18.2. The topological polar surface area (TPSA) is 198 Å². The lowest BCUT2D eigenvalue weighted by Gasteiger charge is -2.35. The van der Waals surface area contributed by atoms with Crippen molar-refractivity contribution < 1.29 is 37.4 Å². The van der Waals surface area contributed by atoms with Crippen LogP contribution in [0.4, 0.5) is 18.4 Å². The zero-order chi connectivity index (χ0) is 45.9. The van der Waals surface area contributed by atoms with Gasteiger partial charge in [-0.05, 0) is 90.0 Å². The number of amides is 4. The highest BCUT2D eigenvalue weighted by molar-refractivity contribution is 5.88. The molecule has 17 heteroatoms. The molecule has 2 aromatic heterocycles. The van der Waals surface area contributed by atoms with E-state index in [1.165, 1.54) is 20.3 Å². The fraction of sp³-hybridized carbons (Fsp3) is 0.438. The molecule has 0 spiro atoms. The third-order valence-corrected chi connectivity index (χ3v) is 13.7. The summed E-state index contributed by atoms with van der Waals surface area (Å²) in [6.45, 7) is 5.99. The Morgan fingerprint density at radius 1 is 0.908 bits per heavy atom. The third kappa shape index (κ3) is 7.82. The molecule has 4 aliphatic rings. The van der Waals surface area contributed by atoms with Crippen molar-refractivity contribution >= 4 is 35.0 Å². The van der Waals surface area contributed by atoms with Crippen LogP contribution in [0.2, 0.25) is 0 Å². The Morgan fingerprint density at radius 2 is 1.60 bits per heavy atom. The molecular formula is C48H51F2N9O6. The number of nitrogens with one attached hydrogen (secondary N) is 4. The highest BCUT2D eigenvalue weighted by Gasteiger charge is 2.50. The zero-order valence-corrected chi connectivity index (χ0v) is 36.8. The summed E-state index contributed by atoms with van der Waals surface area (Å²) < 4.78 is 42.6. The number of carbonyl (C=O) groups excluding carboxylic acids is 4. The number of carbonyl (C=O) groups is 4. The van der Waals surface area contributed by atoms with Crippen LogP contribution in [0.3, 0.4) is 0 Å². The van der Waals surface area contributed by atoms with Crippen molar-refractivity contribution in [3.63, 3.8) is 0 Å². The fourth-order valence-corrected chi connectivity index (χ4v) is 10.4. The average Bonchev–Trinajstić information content (AvgIpc) is 4.18. The van der Waals surface area contributed by atoms with Crippen molar-refractivity contribution in [3.05, 3.63) is 83.6 Å². The number of nitriles is 1. The number of alkyl carbamates (subject to hydrolysis) is 2. The van der Waals surface area contributed by atoms with Crippen molar-refractivity contribution in [1.82, 2.24) is 40.4 Å². The fourth-order valence-electron chi connectivity index (χ4n) is 10.4. The minimum atomic E-state index is -3.32. The number of likely N-dealkylation sites (tertiary alicyclic amines) is 2. The molecule has 4 N–H and O–H groups in total. The number of fused-ring (bicyclic) bond motifs is 6. The van der Waals surface area contributed by atoms with Gasteiger partial charge in [-0.15, -0.1) is 0 Å². The van der Waals surface area contributed by atoms with E-state index in [-0.39, 0.29) is 65.7 Å². The lowest BCUT2D eigenvalue weighted by molar-refractivity contribution is -0.137. The standard InChI is InChI=1S/C48H51F2N9O6/c1-24(2)41(57-47(63)65-5)45(61)58-23-26(20-51)15-39(58)43-52-22-38(56-43)29-8-12-33-32-11-7-27(17-34(32)48(49,50)35(33)18-29)28-9-13-36-37(19-28)55-44(54-36)42-30-6-10-31(16-30)59(42)40(60)14-25(3)21-53-46(62)64-4/h7-9,11-13,17-19,22,24-26,30-31,39,41-42H,6,10,14-16,21,23H2,1-5H3,(H,52,56)(H,53,62)(H,54,55)(H,57,63). The molecule has 3 aromatic carbocycles. The van der Waals surface area contributed by atoms with Gasteiger partial charge in [0.1, 0.15) is 17.7 Å². The quantitative estimate of drug-likeness (QED) is 0.102. The van der Waals surface area contributed by atoms with E-state index < -0.39 is 36.1 Å². The van der Waals surface area contributed by atoms with Crippen LogP contribution in [-0.4, -0.2) is 93.1 Å². The first-order valence-corrected chi connectivity index (χ1v) is 22.1. The van der Waals surface area contributed by atoms with Crippen molar-refractivity contribution in [2.45, 2.75) is 83.0 Å². The number of benzene rings is 3. The average molecular weight is 888 g/mol. The van der Waals surface area contributed by atoms with Crippen LogP contribution in [-0.2, 0) is 25.0 Å². The number of aromatic nitrogens is 4. The summed E-state index contributed by atoms with van der Waals surface area (Å²) in [6, 6.07) is 16.4. The molecule has 9 rings (SSSR count). The Balaban J connectivity index is 0.938. The number of methoxy groups -OCH3 is 2. The Kier molecular flexibility index (Phi) is 11.3. The van der Waals surface area contributed by atoms with Gasteiger partial charge in [0.2, 0.25) is 11.8 Å². The number of H-pyrrole nitrogens is 2. The molecule has 3 fully saturated rings. The minimum absolute atomic E-state index is 0.0232. The van der Waals surface area contributed by atoms with Crippen LogP contribution >= 0.6 is 0 Å². The number of hydrogen-bond acceptors (Lipinski definition) is 9. The van der Waals surface area contributed by atoms with E-state index in [0.29, 0.717) is 52.6 Å². The van der Waals surface area contributed by atoms with Crippen LogP contribution < -0.4 is 10.6 Å². The highest BCUT2D eigenvalue weighted by Crippen LogP contribution is 2.53. The molecule has 65 heavy (non-hydrogen) atoms. The van der Waals surface area contributed by atoms with Gasteiger partial charge in [-0.1, -0.05) is 51.1 Å². The maximum Gasteiger partial charge on any atom is 0.407 e. The molecule has 2 aliphatic carbocycles. The predicted molar refractivity (Wildman–Crippen MR) is 235 cm³/mol. The SMILES string of the molecule is COC(=O)NCC(C)CC(=O)N1C2CCC(C2)C1c1nc2ccc(-c3ccc4c(c3)C(F)(F)c3cc(-c5cnc(C6CC(C#N)CN6C(=O)C(NC(=O)OC)C(C)C)[nH]5)ccc3-4)cc2[nH]1. The normalized spacial score (nSPS) is 22.4. The van der Waals surface area contributed by atoms with Crippen molar-refractivity contribution in [1.29, 1.82) is 5.26 Å². The van der Waals surface area contributed by atoms with Gasteiger partial charge >= 0.3 is 12.2 Å². The molecule has 4 heterocycles. The molecule has 5 aromatic rings. The molecule has 7 atom stereocenters. The van der Waals surface area contributed by atoms with Crippen LogP contribution in [0.5, 0.6) is 0 Å². The number of piperidine rings is 1. The number of halogens is 2. The summed E-state index contributed by atoms with van der Waals surface area (Å²) in [5.41, 5.74) is 4.40. The number of rotatable bonds is 11. The van der Waals surface area contributed by atoms with Gasteiger partial charge in [-0.3, -0.25) is 9.59 Å². The van der Waals surface area contributed by atoms with Crippen molar-refractivity contribution in [2.24, 2.45) is 23.7 Å². The maximum atomic E-state index is 16.6. The van der Waals surface area contributed by atoms with Crippen LogP contribution in [0.25, 0.3) is 44.5 Å². The largest absolute Gasteiger partial charge is 0.453 e. The Bertz CT molecular complexity index is 2740. The van der Waals surface area contributed by atoms with Gasteiger partial charge in [0.25, 0.3) is 5.92 Å². The van der Waals surface area contributed by atoms with E-state index in [1.807, 2.05) is 36.1 Å². The Hall–Kier alpha value is -6.83. The zero-order valence-electron chi connectivity index (χ0n) is 36.8. The first-order valence-electron chi connectivity index (χ1n) is 22.1. The van der Waals surface area contributed by atoms with Gasteiger partial charge in [0.05, 0.1) is 61.2 Å². The van der Waals surface area contributed by atoms with Gasteiger partial charge in [-0.25, -0.2) is 19.6 Å². The minimum Gasteiger partial charge on any atom is -0.453 e. The van der Waals surface area contributed by atoms with E-state index in [4.69, 9.17) is 9.72 Å². The number of aromatic amines is 2. The van der Waals surface area contributed by atoms with Gasteiger partial charge in [-0.2, -0.15) is 14.0 Å².